The van der Waals surface area contributed by atoms with Crippen molar-refractivity contribution in [3.8, 4) is 0 Å². The Balaban J connectivity index is 0.00000111. The molecule has 0 N–H and O–H groups in total. The monoisotopic (exact) mass is 400 g/mol. The molecule has 2 aromatic rings. The summed E-state index contributed by atoms with van der Waals surface area (Å²) in [6.45, 7) is 14.6. The number of amidine groups is 1. The van der Waals surface area contributed by atoms with E-state index in [4.69, 9.17) is 0 Å². The van der Waals surface area contributed by atoms with E-state index in [9.17, 15) is 4.79 Å². The zero-order valence-electron chi connectivity index (χ0n) is 18.6. The molecule has 1 amide bonds. The fraction of sp³-hybridized carbons (Fsp3) is 0.417. The van der Waals surface area contributed by atoms with Gasteiger partial charge in [0.1, 0.15) is 5.84 Å². The minimum absolute atomic E-state index is 0.245. The number of benzene rings is 2. The average molecular weight is 401 g/mol. The predicted molar refractivity (Wildman–Crippen MR) is 129 cm³/mol. The van der Waals surface area contributed by atoms with Crippen LogP contribution in [0.1, 0.15) is 65.2 Å². The SMILES string of the molecule is CC.CC.CC.CC(=NC(=O)P)N1Cc2ccccc2CCc2ccccc21. The first-order valence-corrected chi connectivity index (χ1v) is 11.0. The number of hydrogen-bond acceptors (Lipinski definition) is 1. The van der Waals surface area contributed by atoms with E-state index in [1.165, 1.54) is 16.7 Å². The third-order valence-corrected chi connectivity index (χ3v) is 4.18. The summed E-state index contributed by atoms with van der Waals surface area (Å²) in [5.74, 6) is 0.726. The van der Waals surface area contributed by atoms with E-state index < -0.39 is 0 Å². The Bertz CT molecular complexity index is 741. The number of anilines is 1. The van der Waals surface area contributed by atoms with Crippen LogP contribution < -0.4 is 4.90 Å². The highest BCUT2D eigenvalue weighted by Crippen LogP contribution is 2.28. The molecule has 0 saturated carbocycles. The van der Waals surface area contributed by atoms with Crippen LogP contribution in [0.5, 0.6) is 0 Å². The number of aryl methyl sites for hydroxylation is 2. The van der Waals surface area contributed by atoms with E-state index in [1.807, 2.05) is 54.5 Å². The van der Waals surface area contributed by atoms with Gasteiger partial charge in [0.2, 0.25) is 0 Å². The first-order chi connectivity index (χ1) is 13.6. The Hall–Kier alpha value is -1.99. The zero-order chi connectivity index (χ0) is 21.5. The van der Waals surface area contributed by atoms with Gasteiger partial charge in [-0.1, -0.05) is 84.0 Å². The maximum absolute atomic E-state index is 11.4. The largest absolute Gasteiger partial charge is 0.325 e. The molecule has 0 fully saturated rings. The summed E-state index contributed by atoms with van der Waals surface area (Å²) in [5.41, 5.74) is 4.85. The van der Waals surface area contributed by atoms with Crippen LogP contribution in [0.15, 0.2) is 53.5 Å². The Morgan fingerprint density at radius 2 is 1.29 bits per heavy atom. The van der Waals surface area contributed by atoms with Crippen LogP contribution in [0, 0.1) is 0 Å². The number of carbonyl (C=O) groups excluding carboxylic acids is 1. The van der Waals surface area contributed by atoms with Crippen molar-refractivity contribution in [3.05, 3.63) is 65.2 Å². The Morgan fingerprint density at radius 1 is 0.821 bits per heavy atom. The van der Waals surface area contributed by atoms with Gasteiger partial charge in [0.05, 0.1) is 0 Å². The Morgan fingerprint density at radius 3 is 1.86 bits per heavy atom. The molecule has 0 spiro atoms. The van der Waals surface area contributed by atoms with Gasteiger partial charge in [-0.15, -0.1) is 0 Å². The summed E-state index contributed by atoms with van der Waals surface area (Å²) in [4.78, 5) is 17.6. The number of para-hydroxylation sites is 1. The number of rotatable bonds is 0. The lowest BCUT2D eigenvalue weighted by Crippen LogP contribution is -2.31. The molecule has 28 heavy (non-hydrogen) atoms. The van der Waals surface area contributed by atoms with E-state index >= 15 is 0 Å². The van der Waals surface area contributed by atoms with Crippen LogP contribution in [0.25, 0.3) is 0 Å². The highest BCUT2D eigenvalue weighted by Gasteiger charge is 2.19. The van der Waals surface area contributed by atoms with Gasteiger partial charge in [-0.2, -0.15) is 4.99 Å². The minimum atomic E-state index is -0.245. The molecule has 3 nitrogen and oxygen atoms in total. The minimum Gasteiger partial charge on any atom is -0.325 e. The van der Waals surface area contributed by atoms with Crippen LogP contribution in [0.3, 0.4) is 0 Å². The predicted octanol–water partition coefficient (Wildman–Crippen LogP) is 7.28. The lowest BCUT2D eigenvalue weighted by Gasteiger charge is -2.29. The van der Waals surface area contributed by atoms with Crippen molar-refractivity contribution >= 4 is 26.4 Å². The van der Waals surface area contributed by atoms with Crippen molar-refractivity contribution in [3.63, 3.8) is 0 Å². The fourth-order valence-electron chi connectivity index (χ4n) is 2.97. The van der Waals surface area contributed by atoms with Crippen molar-refractivity contribution < 1.29 is 4.79 Å². The third-order valence-electron chi connectivity index (χ3n) is 4.06. The third kappa shape index (κ3) is 7.56. The molecule has 0 saturated heterocycles. The standard InChI is InChI=1S/C18H19N2OP.3C2H6/c1-13(19-18(21)22)20-12-16-8-3-2-6-14(16)10-11-15-7-4-5-9-17(15)20;3*1-2/h2-9H,10-12,22H2,1H3;3*1-2H3. The number of nitrogens with zero attached hydrogens (tertiary/aromatic N) is 2. The highest BCUT2D eigenvalue weighted by atomic mass is 31.0. The summed E-state index contributed by atoms with van der Waals surface area (Å²) in [7, 11) is 2.12. The topological polar surface area (TPSA) is 32.7 Å². The second kappa shape index (κ2) is 15.0. The first kappa shape index (κ1) is 26.0. The van der Waals surface area contributed by atoms with Gasteiger partial charge < -0.3 is 4.90 Å². The molecule has 1 aliphatic rings. The van der Waals surface area contributed by atoms with Crippen molar-refractivity contribution in [2.45, 2.75) is 67.9 Å². The van der Waals surface area contributed by atoms with Gasteiger partial charge in [0.25, 0.3) is 5.65 Å². The lowest BCUT2D eigenvalue weighted by atomic mass is 9.95. The highest BCUT2D eigenvalue weighted by molar-refractivity contribution is 7.40. The van der Waals surface area contributed by atoms with Crippen molar-refractivity contribution in [1.82, 2.24) is 0 Å². The van der Waals surface area contributed by atoms with Gasteiger partial charge in [0, 0.05) is 12.2 Å². The van der Waals surface area contributed by atoms with E-state index in [2.05, 4.69) is 61.6 Å². The van der Waals surface area contributed by atoms with Crippen molar-refractivity contribution in [2.24, 2.45) is 4.99 Å². The molecule has 0 radical (unpaired) electrons. The average Bonchev–Trinajstić information content (AvgIpc) is 2.73. The molecule has 1 atom stereocenters. The van der Waals surface area contributed by atoms with E-state index in [0.717, 1.165) is 30.9 Å². The first-order valence-electron chi connectivity index (χ1n) is 10.4. The normalized spacial score (nSPS) is 12.1. The quantitative estimate of drug-likeness (QED) is 0.264. The van der Waals surface area contributed by atoms with Gasteiger partial charge in [-0.25, -0.2) is 0 Å². The molecular formula is C24H37N2OP. The smallest absolute Gasteiger partial charge is 0.261 e. The van der Waals surface area contributed by atoms with Gasteiger partial charge in [-0.05, 0) is 51.8 Å². The molecule has 4 heteroatoms. The summed E-state index contributed by atoms with van der Waals surface area (Å²) < 4.78 is 0. The van der Waals surface area contributed by atoms with Crippen LogP contribution in [-0.4, -0.2) is 11.5 Å². The molecule has 1 heterocycles. The van der Waals surface area contributed by atoms with E-state index in [-0.39, 0.29) is 5.65 Å². The molecule has 2 aromatic carbocycles. The summed E-state index contributed by atoms with van der Waals surface area (Å²) >= 11 is 0. The van der Waals surface area contributed by atoms with Gasteiger partial charge in [-0.3, -0.25) is 4.79 Å². The molecule has 0 aliphatic carbocycles. The molecule has 3 rings (SSSR count). The second-order valence-corrected chi connectivity index (χ2v) is 5.97. The summed E-state index contributed by atoms with van der Waals surface area (Å²) in [6, 6.07) is 16.9. The van der Waals surface area contributed by atoms with Gasteiger partial charge >= 0.3 is 0 Å². The van der Waals surface area contributed by atoms with Crippen LogP contribution in [0.2, 0.25) is 0 Å². The van der Waals surface area contributed by atoms with Gasteiger partial charge in [0.15, 0.2) is 0 Å². The van der Waals surface area contributed by atoms with Crippen LogP contribution >= 0.6 is 9.24 Å². The maximum atomic E-state index is 11.4. The number of aliphatic imine (C=N–C) groups is 1. The van der Waals surface area contributed by atoms with E-state index in [0.29, 0.717) is 0 Å². The molecule has 1 unspecified atom stereocenters. The molecule has 0 aromatic heterocycles. The Labute approximate surface area is 174 Å². The van der Waals surface area contributed by atoms with Crippen LogP contribution in [0.4, 0.5) is 10.5 Å². The number of amides is 1. The molecular weight excluding hydrogens is 363 g/mol. The summed E-state index contributed by atoms with van der Waals surface area (Å²) in [6.07, 6.45) is 2.03. The molecule has 154 valence electrons. The molecule has 1 aliphatic heterocycles. The molecule has 0 bridgehead atoms. The summed E-state index contributed by atoms with van der Waals surface area (Å²) in [5, 5.41) is 0. The Kier molecular flexibility index (Phi) is 13.9. The van der Waals surface area contributed by atoms with Crippen LogP contribution in [-0.2, 0) is 19.4 Å². The maximum Gasteiger partial charge on any atom is 0.261 e. The second-order valence-electron chi connectivity index (χ2n) is 5.48. The zero-order valence-corrected chi connectivity index (χ0v) is 19.8. The lowest BCUT2D eigenvalue weighted by molar-refractivity contribution is 0.267. The van der Waals surface area contributed by atoms with Crippen molar-refractivity contribution in [1.29, 1.82) is 0 Å². The number of hydrogen-bond donors (Lipinski definition) is 0. The van der Waals surface area contributed by atoms with Crippen molar-refractivity contribution in [2.75, 3.05) is 4.90 Å². The van der Waals surface area contributed by atoms with E-state index in [1.54, 1.807) is 0 Å². The number of fused-ring (bicyclic) bond motifs is 2. The number of carbonyl (C=O) groups is 1. The fourth-order valence-corrected chi connectivity index (χ4v) is 3.16.